The molecule has 3 saturated carbocycles. The fourth-order valence-electron chi connectivity index (χ4n) is 14.2. The molecule has 6 amide bonds. The van der Waals surface area contributed by atoms with Crippen molar-refractivity contribution >= 4 is 41.4 Å². The minimum absolute atomic E-state index is 0.0433. The quantitative estimate of drug-likeness (QED) is 0.0864. The van der Waals surface area contributed by atoms with Gasteiger partial charge in [0.1, 0.15) is 36.8 Å². The number of allylic oxidation sites excluding steroid dienone is 1. The van der Waals surface area contributed by atoms with Crippen LogP contribution in [0.5, 0.6) is 0 Å². The zero-order valence-electron chi connectivity index (χ0n) is 43.1. The Morgan fingerprint density at radius 1 is 0.814 bits per heavy atom. The van der Waals surface area contributed by atoms with Crippen LogP contribution in [-0.4, -0.2) is 106 Å². The van der Waals surface area contributed by atoms with E-state index in [1.54, 1.807) is 18.3 Å². The smallest absolute Gasteiger partial charge is 0.325 e. The number of fused-ring (bicyclic) bond motifs is 5. The Labute approximate surface area is 416 Å². The first-order valence-corrected chi connectivity index (χ1v) is 26.9. The second kappa shape index (κ2) is 22.7. The molecule has 5 N–H and O–H groups in total. The molecule has 386 valence electrons. The van der Waals surface area contributed by atoms with Gasteiger partial charge in [-0.3, -0.25) is 38.5 Å². The molecule has 0 unspecified atom stereocenters. The fraction of sp³-hybridized carbons (Fsp3) is 0.745. The highest BCUT2D eigenvalue weighted by Gasteiger charge is 2.59. The topological polar surface area (TPSA) is 210 Å². The summed E-state index contributed by atoms with van der Waals surface area (Å²) in [5, 5.41) is 8.32. The largest absolute Gasteiger partial charge is 0.461 e. The van der Waals surface area contributed by atoms with Crippen LogP contribution >= 0.6 is 0 Å². The number of hydrogen-bond acceptors (Lipinski definition) is 9. The van der Waals surface area contributed by atoms with E-state index in [0.29, 0.717) is 55.0 Å². The van der Waals surface area contributed by atoms with Crippen molar-refractivity contribution in [1.82, 2.24) is 30.7 Å². The molecule has 3 heterocycles. The molecule has 1 aromatic heterocycles. The Bertz CT molecular complexity index is 2110. The molecule has 6 aliphatic rings. The van der Waals surface area contributed by atoms with Crippen molar-refractivity contribution in [2.45, 2.75) is 188 Å². The first-order chi connectivity index (χ1) is 33.3. The zero-order valence-corrected chi connectivity index (χ0v) is 43.1. The van der Waals surface area contributed by atoms with Gasteiger partial charge < -0.3 is 36.2 Å². The lowest BCUT2D eigenvalue weighted by molar-refractivity contribution is -0.152. The lowest BCUT2D eigenvalue weighted by Gasteiger charge is -2.58. The van der Waals surface area contributed by atoms with Crippen molar-refractivity contribution in [2.24, 2.45) is 58.0 Å². The summed E-state index contributed by atoms with van der Waals surface area (Å²) in [5.41, 5.74) is 7.78. The van der Waals surface area contributed by atoms with E-state index < -0.39 is 59.7 Å². The maximum atomic E-state index is 14.3. The molecule has 5 fully saturated rings. The number of ether oxygens (including phenoxy) is 1. The summed E-state index contributed by atoms with van der Waals surface area (Å²) < 4.78 is 6.05. The number of hydrogen-bond donors (Lipinski definition) is 4. The van der Waals surface area contributed by atoms with E-state index >= 15 is 0 Å². The van der Waals surface area contributed by atoms with E-state index in [4.69, 9.17) is 10.5 Å². The van der Waals surface area contributed by atoms with Gasteiger partial charge >= 0.3 is 5.97 Å². The van der Waals surface area contributed by atoms with Gasteiger partial charge in [-0.15, -0.1) is 0 Å². The Kier molecular flexibility index (Phi) is 17.2. The lowest BCUT2D eigenvalue weighted by Crippen LogP contribution is -2.58. The minimum Gasteiger partial charge on any atom is -0.461 e. The van der Waals surface area contributed by atoms with Crippen LogP contribution in [0, 0.1) is 52.3 Å². The Morgan fingerprint density at radius 2 is 1.54 bits per heavy atom. The monoisotopic (exact) mass is 970 g/mol. The van der Waals surface area contributed by atoms with Crippen molar-refractivity contribution in [2.75, 3.05) is 19.6 Å². The third kappa shape index (κ3) is 11.8. The molecular formula is C55H83N7O8. The molecule has 4 aliphatic carbocycles. The molecule has 2 aliphatic heterocycles. The lowest BCUT2D eigenvalue weighted by atomic mass is 9.47. The van der Waals surface area contributed by atoms with Crippen molar-refractivity contribution in [3.05, 3.63) is 41.7 Å². The summed E-state index contributed by atoms with van der Waals surface area (Å²) in [6, 6.07) is -0.728. The van der Waals surface area contributed by atoms with Crippen molar-refractivity contribution < 1.29 is 38.3 Å². The van der Waals surface area contributed by atoms with E-state index in [2.05, 4.69) is 61.6 Å². The van der Waals surface area contributed by atoms with Gasteiger partial charge in [-0.25, -0.2) is 0 Å². The normalized spacial score (nSPS) is 30.6. The highest BCUT2D eigenvalue weighted by atomic mass is 16.5. The molecule has 2 saturated heterocycles. The van der Waals surface area contributed by atoms with Crippen LogP contribution < -0.4 is 21.7 Å². The second-order valence-corrected chi connectivity index (χ2v) is 23.4. The first kappa shape index (κ1) is 53.0. The van der Waals surface area contributed by atoms with Crippen LogP contribution in [0.25, 0.3) is 0 Å². The number of carbonyl (C=O) groups is 7. The zero-order chi connectivity index (χ0) is 50.5. The van der Waals surface area contributed by atoms with Crippen LogP contribution in [0.1, 0.15) is 168 Å². The highest BCUT2D eigenvalue weighted by Crippen LogP contribution is 2.67. The van der Waals surface area contributed by atoms with Gasteiger partial charge in [0.15, 0.2) is 0 Å². The van der Waals surface area contributed by atoms with Crippen LogP contribution in [-0.2, 0) is 33.5 Å². The van der Waals surface area contributed by atoms with Gasteiger partial charge in [0, 0.05) is 38.3 Å². The number of carbonyl (C=O) groups excluding carboxylic acids is 7. The number of likely N-dealkylation sites (tertiary alicyclic amines) is 2. The molecule has 1 aromatic rings. The summed E-state index contributed by atoms with van der Waals surface area (Å²) in [6.07, 6.45) is 18.6. The number of rotatable bonds is 19. The third-order valence-electron chi connectivity index (χ3n) is 17.9. The molecule has 12 atom stereocenters. The van der Waals surface area contributed by atoms with Crippen LogP contribution in [0.15, 0.2) is 36.2 Å². The fourth-order valence-corrected chi connectivity index (χ4v) is 14.2. The average molecular weight is 970 g/mol. The van der Waals surface area contributed by atoms with E-state index in [1.807, 2.05) is 13.8 Å². The van der Waals surface area contributed by atoms with Gasteiger partial charge in [-0.2, -0.15) is 0 Å². The number of esters is 1. The molecule has 7 rings (SSSR count). The summed E-state index contributed by atoms with van der Waals surface area (Å²) in [7, 11) is 0. The number of amides is 6. The van der Waals surface area contributed by atoms with E-state index in [0.717, 1.165) is 49.4 Å². The molecular weight excluding hydrogens is 887 g/mol. The van der Waals surface area contributed by atoms with Gasteiger partial charge in [0.25, 0.3) is 5.91 Å². The predicted molar refractivity (Wildman–Crippen MR) is 266 cm³/mol. The van der Waals surface area contributed by atoms with E-state index in [9.17, 15) is 33.6 Å². The maximum absolute atomic E-state index is 14.3. The third-order valence-corrected chi connectivity index (χ3v) is 17.9. The number of aromatic nitrogens is 1. The van der Waals surface area contributed by atoms with Gasteiger partial charge in [0.05, 0.1) is 5.56 Å². The predicted octanol–water partition coefficient (Wildman–Crippen LogP) is 6.64. The number of nitrogens with two attached hydrogens (primary N) is 1. The van der Waals surface area contributed by atoms with Crippen LogP contribution in [0.2, 0.25) is 0 Å². The molecule has 0 spiro atoms. The van der Waals surface area contributed by atoms with Gasteiger partial charge in [0.2, 0.25) is 29.5 Å². The van der Waals surface area contributed by atoms with E-state index in [-0.39, 0.29) is 55.7 Å². The molecule has 0 radical (unpaired) electrons. The summed E-state index contributed by atoms with van der Waals surface area (Å²) in [6.45, 7) is 16.4. The Hall–Kier alpha value is -4.82. The number of nitrogens with one attached hydrogen (secondary N) is 3. The highest BCUT2D eigenvalue weighted by molar-refractivity contribution is 5.99. The summed E-state index contributed by atoms with van der Waals surface area (Å²) in [4.78, 5) is 101. The molecule has 70 heavy (non-hydrogen) atoms. The Morgan fingerprint density at radius 3 is 2.23 bits per heavy atom. The molecule has 0 aromatic carbocycles. The maximum Gasteiger partial charge on any atom is 0.325 e. The molecule has 15 heteroatoms. The van der Waals surface area contributed by atoms with Crippen molar-refractivity contribution in [1.29, 1.82) is 0 Å². The standard InChI is InChI=1S/C55H83N7O8/c1-33(2)14-15-35(5)40-18-19-41-39-17-16-37-30-38(22-24-54(37,6)42(39)23-25-55(40,41)7)70-48(64)32-58-50(66)45-12-9-28-62(45)53(69)44(29-34(3)4)60-49(65)43(20-21-47(56)63)59-51(67)46-13-10-27-61(46)52(68)36-11-8-26-57-31-36/h8,11,16,26,31,33-35,38-46H,9-10,12-15,17-25,27-30,32H2,1-7H3,(H2,56,63)(H,58,66)(H,59,67)(H,60,65)/t35-,38-,39+,40-,41+,42+,43+,44+,45+,46+,54+,55-/m1/s1. The Balaban J connectivity index is 0.920. The molecule has 0 bridgehead atoms. The number of primary amides is 1. The van der Waals surface area contributed by atoms with Crippen LogP contribution in [0.4, 0.5) is 0 Å². The molecule has 15 nitrogen and oxygen atoms in total. The van der Waals surface area contributed by atoms with Crippen molar-refractivity contribution in [3.63, 3.8) is 0 Å². The average Bonchev–Trinajstić information content (AvgIpc) is 4.10. The SMILES string of the molecule is CC(C)CC[C@@H](C)[C@H]1CC[C@H]2[C@@H]3CC=C4C[C@H](OC(=O)CNC(=O)[C@@H]5CCCN5C(=O)[C@H](CC(C)C)NC(=O)[C@H](CCC(N)=O)NC(=O)[C@@H]5CCCN5C(=O)c5cccnc5)CC[C@]4(C)[C@H]3CC[C@]12C. The van der Waals surface area contributed by atoms with Gasteiger partial charge in [-0.05, 0) is 148 Å². The van der Waals surface area contributed by atoms with Crippen LogP contribution in [0.3, 0.4) is 0 Å². The minimum atomic E-state index is -1.23. The van der Waals surface area contributed by atoms with Gasteiger partial charge in [-0.1, -0.05) is 73.0 Å². The summed E-state index contributed by atoms with van der Waals surface area (Å²) >= 11 is 0. The summed E-state index contributed by atoms with van der Waals surface area (Å²) in [5.74, 6) is 0.761. The first-order valence-electron chi connectivity index (χ1n) is 26.9. The number of nitrogens with zero attached hydrogens (tertiary/aromatic N) is 3. The number of pyridine rings is 1. The van der Waals surface area contributed by atoms with Crippen molar-refractivity contribution in [3.8, 4) is 0 Å². The second-order valence-electron chi connectivity index (χ2n) is 23.4. The van der Waals surface area contributed by atoms with E-state index in [1.165, 1.54) is 60.1 Å².